The number of hydrogen-bond acceptors (Lipinski definition) is 3. The molecule has 14 heavy (non-hydrogen) atoms. The number of hydrogen-bond donors (Lipinski definition) is 1. The highest BCUT2D eigenvalue weighted by molar-refractivity contribution is 5.66. The van der Waals surface area contributed by atoms with Gasteiger partial charge in [0.05, 0.1) is 12.6 Å². The molecule has 1 fully saturated rings. The molecule has 5 nitrogen and oxygen atoms in total. The van der Waals surface area contributed by atoms with E-state index in [0.717, 1.165) is 6.29 Å². The summed E-state index contributed by atoms with van der Waals surface area (Å²) in [7, 11) is 0. The van der Waals surface area contributed by atoms with E-state index in [0.29, 0.717) is 19.4 Å². The Bertz CT molecular complexity index is 239. The van der Waals surface area contributed by atoms with Crippen LogP contribution in [0.25, 0.3) is 0 Å². The molecule has 0 spiro atoms. The molecule has 1 atom stereocenters. The maximum absolute atomic E-state index is 10.9. The number of nitrogens with zero attached hydrogens (tertiary/aromatic N) is 1. The van der Waals surface area contributed by atoms with Gasteiger partial charge in [-0.15, -0.1) is 0 Å². The molecule has 1 unspecified atom stereocenters. The zero-order valence-electron chi connectivity index (χ0n) is 8.40. The number of rotatable bonds is 3. The van der Waals surface area contributed by atoms with Crippen LogP contribution < -0.4 is 0 Å². The van der Waals surface area contributed by atoms with Gasteiger partial charge in [0.1, 0.15) is 12.0 Å². The van der Waals surface area contributed by atoms with Crippen molar-refractivity contribution < 1.29 is 19.4 Å². The molecule has 80 valence electrons. The fraction of sp³-hybridized carbons (Fsp3) is 0.778. The Balaban J connectivity index is 2.68. The zero-order valence-corrected chi connectivity index (χ0v) is 8.40. The van der Waals surface area contributed by atoms with E-state index in [1.54, 1.807) is 13.8 Å². The monoisotopic (exact) mass is 201 g/mol. The molecule has 1 amide bonds. The predicted octanol–water partition coefficient (Wildman–Crippen LogP) is 1.08. The van der Waals surface area contributed by atoms with Crippen molar-refractivity contribution in [2.75, 3.05) is 6.61 Å². The smallest absolute Gasteiger partial charge is 0.409 e. The lowest BCUT2D eigenvalue weighted by atomic mass is 10.1. The van der Waals surface area contributed by atoms with E-state index < -0.39 is 11.8 Å². The molecule has 0 aromatic rings. The fourth-order valence-electron chi connectivity index (χ4n) is 1.74. The second-order valence-corrected chi connectivity index (χ2v) is 3.81. The van der Waals surface area contributed by atoms with Crippen molar-refractivity contribution in [1.29, 1.82) is 0 Å². The van der Waals surface area contributed by atoms with Crippen LogP contribution >= 0.6 is 0 Å². The molecule has 5 heteroatoms. The molecule has 0 aliphatic carbocycles. The molecule has 1 heterocycles. The minimum Gasteiger partial charge on any atom is -0.465 e. The Labute approximate surface area is 82.6 Å². The summed E-state index contributed by atoms with van der Waals surface area (Å²) in [6, 6.07) is -0.201. The first-order chi connectivity index (χ1) is 6.49. The number of carbonyl (C=O) groups is 2. The van der Waals surface area contributed by atoms with E-state index in [4.69, 9.17) is 9.84 Å². The molecule has 1 N–H and O–H groups in total. The van der Waals surface area contributed by atoms with Crippen molar-refractivity contribution in [3.8, 4) is 0 Å². The van der Waals surface area contributed by atoms with Crippen LogP contribution in [0.3, 0.4) is 0 Å². The lowest BCUT2D eigenvalue weighted by Crippen LogP contribution is -2.47. The Hall–Kier alpha value is -1.10. The summed E-state index contributed by atoms with van der Waals surface area (Å²) in [6.07, 6.45) is 0.696. The molecule has 0 aromatic carbocycles. The van der Waals surface area contributed by atoms with Crippen LogP contribution in [0, 0.1) is 0 Å². The quantitative estimate of drug-likeness (QED) is 0.694. The molecule has 1 rings (SSSR count). The van der Waals surface area contributed by atoms with E-state index in [9.17, 15) is 9.59 Å². The van der Waals surface area contributed by atoms with Gasteiger partial charge >= 0.3 is 6.09 Å². The van der Waals surface area contributed by atoms with Gasteiger partial charge in [-0.05, 0) is 20.3 Å². The van der Waals surface area contributed by atoms with Crippen molar-refractivity contribution in [2.24, 2.45) is 0 Å². The molecular formula is C9H15NO4. The summed E-state index contributed by atoms with van der Waals surface area (Å²) in [5, 5.41) is 8.98. The first-order valence-corrected chi connectivity index (χ1v) is 4.59. The van der Waals surface area contributed by atoms with Crippen molar-refractivity contribution >= 4 is 12.4 Å². The Morgan fingerprint density at radius 2 is 2.36 bits per heavy atom. The van der Waals surface area contributed by atoms with Gasteiger partial charge in [-0.1, -0.05) is 0 Å². The Morgan fingerprint density at radius 1 is 1.71 bits per heavy atom. The topological polar surface area (TPSA) is 66.8 Å². The summed E-state index contributed by atoms with van der Waals surface area (Å²) in [4.78, 5) is 22.4. The van der Waals surface area contributed by atoms with Crippen LogP contribution in [0.2, 0.25) is 0 Å². The molecule has 1 saturated heterocycles. The first-order valence-electron chi connectivity index (χ1n) is 4.59. The third kappa shape index (κ3) is 2.04. The first kappa shape index (κ1) is 11.0. The van der Waals surface area contributed by atoms with E-state index in [1.807, 2.05) is 0 Å². The highest BCUT2D eigenvalue weighted by atomic mass is 16.5. The Kier molecular flexibility index (Phi) is 3.10. The number of carbonyl (C=O) groups excluding carboxylic acids is 1. The van der Waals surface area contributed by atoms with E-state index in [2.05, 4.69) is 0 Å². The predicted molar refractivity (Wildman–Crippen MR) is 49.0 cm³/mol. The SMILES string of the molecule is CC1(C)OCC(CCC=O)N1C(=O)O. The maximum Gasteiger partial charge on any atom is 0.409 e. The van der Waals surface area contributed by atoms with Gasteiger partial charge in [-0.3, -0.25) is 4.90 Å². The van der Waals surface area contributed by atoms with Crippen molar-refractivity contribution in [2.45, 2.75) is 38.5 Å². The number of aldehydes is 1. The van der Waals surface area contributed by atoms with Gasteiger partial charge < -0.3 is 14.6 Å². The summed E-state index contributed by atoms with van der Waals surface area (Å²) in [5.41, 5.74) is -0.778. The number of carboxylic acid groups (broad SMARTS) is 1. The fourth-order valence-corrected chi connectivity index (χ4v) is 1.74. The third-order valence-electron chi connectivity index (χ3n) is 2.40. The van der Waals surface area contributed by atoms with Gasteiger partial charge in [0.2, 0.25) is 0 Å². The second-order valence-electron chi connectivity index (χ2n) is 3.81. The average Bonchev–Trinajstić information content (AvgIpc) is 2.37. The largest absolute Gasteiger partial charge is 0.465 e. The van der Waals surface area contributed by atoms with Crippen LogP contribution in [0.15, 0.2) is 0 Å². The van der Waals surface area contributed by atoms with Crippen molar-refractivity contribution in [3.63, 3.8) is 0 Å². The van der Waals surface area contributed by atoms with Crippen molar-refractivity contribution in [1.82, 2.24) is 4.90 Å². The summed E-state index contributed by atoms with van der Waals surface area (Å²) in [6.45, 7) is 3.79. The lowest BCUT2D eigenvalue weighted by molar-refractivity contribution is -0.108. The van der Waals surface area contributed by atoms with Gasteiger partial charge in [0.15, 0.2) is 0 Å². The van der Waals surface area contributed by atoms with Crippen LogP contribution in [-0.2, 0) is 9.53 Å². The van der Waals surface area contributed by atoms with Crippen LogP contribution in [0.5, 0.6) is 0 Å². The van der Waals surface area contributed by atoms with E-state index >= 15 is 0 Å². The van der Waals surface area contributed by atoms with Gasteiger partial charge in [-0.25, -0.2) is 4.79 Å². The van der Waals surface area contributed by atoms with Crippen LogP contribution in [0.4, 0.5) is 4.79 Å². The summed E-state index contributed by atoms with van der Waals surface area (Å²) in [5.74, 6) is 0. The lowest BCUT2D eigenvalue weighted by Gasteiger charge is -2.30. The number of ether oxygens (including phenoxy) is 1. The van der Waals surface area contributed by atoms with Gasteiger partial charge in [0.25, 0.3) is 0 Å². The van der Waals surface area contributed by atoms with Crippen LogP contribution in [0.1, 0.15) is 26.7 Å². The highest BCUT2D eigenvalue weighted by Gasteiger charge is 2.43. The molecule has 1 aliphatic heterocycles. The molecule has 1 aliphatic rings. The van der Waals surface area contributed by atoms with Gasteiger partial charge in [0, 0.05) is 6.42 Å². The normalized spacial score (nSPS) is 25.0. The number of amides is 1. The molecule has 0 saturated carbocycles. The van der Waals surface area contributed by atoms with E-state index in [1.165, 1.54) is 4.90 Å². The minimum absolute atomic E-state index is 0.201. The van der Waals surface area contributed by atoms with Crippen molar-refractivity contribution in [3.05, 3.63) is 0 Å². The standard InChI is InChI=1S/C9H15NO4/c1-9(2)10(8(12)13)7(6-14-9)4-3-5-11/h5,7H,3-4,6H2,1-2H3,(H,12,13). The van der Waals surface area contributed by atoms with E-state index in [-0.39, 0.29) is 6.04 Å². The molecule has 0 bridgehead atoms. The molecule has 0 aromatic heterocycles. The van der Waals surface area contributed by atoms with Gasteiger partial charge in [-0.2, -0.15) is 0 Å². The maximum atomic E-state index is 10.9. The van der Waals surface area contributed by atoms with Crippen LogP contribution in [-0.4, -0.2) is 40.8 Å². The highest BCUT2D eigenvalue weighted by Crippen LogP contribution is 2.29. The molecule has 0 radical (unpaired) electrons. The average molecular weight is 201 g/mol. The molecular weight excluding hydrogens is 186 g/mol. The minimum atomic E-state index is -0.997. The summed E-state index contributed by atoms with van der Waals surface area (Å²) >= 11 is 0. The Morgan fingerprint density at radius 3 is 2.86 bits per heavy atom. The second kappa shape index (κ2) is 3.96. The summed E-state index contributed by atoms with van der Waals surface area (Å²) < 4.78 is 5.35. The zero-order chi connectivity index (χ0) is 10.8. The third-order valence-corrected chi connectivity index (χ3v) is 2.40.